The Morgan fingerprint density at radius 1 is 1.06 bits per heavy atom. The Kier molecular flexibility index (Phi) is 7.19. The summed E-state index contributed by atoms with van der Waals surface area (Å²) in [6.45, 7) is 4.03. The molecule has 1 aliphatic heterocycles. The fourth-order valence-electron chi connectivity index (χ4n) is 3.68. The van der Waals surface area contributed by atoms with Crippen LogP contribution in [0.3, 0.4) is 0 Å². The molecular formula is C22H28N2O6S. The summed E-state index contributed by atoms with van der Waals surface area (Å²) in [5, 5.41) is 0. The number of nitrogens with one attached hydrogen (secondary N) is 1. The Hall–Kier alpha value is -2.62. The first kappa shape index (κ1) is 23.1. The van der Waals surface area contributed by atoms with Crippen LogP contribution in [0.4, 0.5) is 0 Å². The molecule has 1 aliphatic rings. The summed E-state index contributed by atoms with van der Waals surface area (Å²) in [7, 11) is 0.731. The maximum absolute atomic E-state index is 12.8. The summed E-state index contributed by atoms with van der Waals surface area (Å²) in [5.41, 5.74) is 3.12. The molecule has 0 radical (unpaired) electrons. The summed E-state index contributed by atoms with van der Waals surface area (Å²) in [6.07, 6.45) is 0.850. The number of hydrogen-bond donors (Lipinski definition) is 1. The zero-order valence-corrected chi connectivity index (χ0v) is 19.0. The molecule has 168 valence electrons. The Morgan fingerprint density at radius 2 is 1.74 bits per heavy atom. The van der Waals surface area contributed by atoms with Gasteiger partial charge in [-0.05, 0) is 54.3 Å². The average molecular weight is 449 g/mol. The number of sulfonamides is 1. The van der Waals surface area contributed by atoms with Crippen LogP contribution in [-0.4, -0.2) is 60.3 Å². The number of fused-ring (bicyclic) bond motifs is 1. The van der Waals surface area contributed by atoms with Gasteiger partial charge in [0.05, 0.1) is 31.8 Å². The maximum atomic E-state index is 12.8. The molecule has 1 N–H and O–H groups in total. The summed E-state index contributed by atoms with van der Waals surface area (Å²) in [5.74, 6) is 0.826. The smallest absolute Gasteiger partial charge is 0.337 e. The van der Waals surface area contributed by atoms with Crippen molar-refractivity contribution in [1.29, 1.82) is 0 Å². The Balaban J connectivity index is 1.65. The lowest BCUT2D eigenvalue weighted by Crippen LogP contribution is -2.38. The molecule has 0 amide bonds. The third-order valence-electron chi connectivity index (χ3n) is 5.42. The van der Waals surface area contributed by atoms with Crippen molar-refractivity contribution in [2.24, 2.45) is 0 Å². The largest absolute Gasteiger partial charge is 0.493 e. The number of hydrogen-bond acceptors (Lipinski definition) is 7. The van der Waals surface area contributed by atoms with Crippen LogP contribution in [0, 0.1) is 6.92 Å². The highest BCUT2D eigenvalue weighted by atomic mass is 32.2. The van der Waals surface area contributed by atoms with Gasteiger partial charge in [0.2, 0.25) is 10.0 Å². The van der Waals surface area contributed by atoms with Gasteiger partial charge in [-0.25, -0.2) is 17.9 Å². The van der Waals surface area contributed by atoms with Crippen molar-refractivity contribution in [3.8, 4) is 11.5 Å². The minimum Gasteiger partial charge on any atom is -0.493 e. The highest BCUT2D eigenvalue weighted by Gasteiger charge is 2.22. The molecular weight excluding hydrogens is 420 g/mol. The van der Waals surface area contributed by atoms with Gasteiger partial charge in [-0.2, -0.15) is 0 Å². The molecule has 0 saturated heterocycles. The summed E-state index contributed by atoms with van der Waals surface area (Å²) in [6, 6.07) is 8.48. The lowest BCUT2D eigenvalue weighted by atomic mass is 9.99. The van der Waals surface area contributed by atoms with Gasteiger partial charge >= 0.3 is 5.97 Å². The number of rotatable bonds is 8. The van der Waals surface area contributed by atoms with Crippen LogP contribution in [0.15, 0.2) is 35.2 Å². The van der Waals surface area contributed by atoms with Gasteiger partial charge in [-0.1, -0.05) is 6.07 Å². The van der Waals surface area contributed by atoms with Crippen molar-refractivity contribution >= 4 is 16.0 Å². The molecule has 9 heteroatoms. The number of nitrogens with zero attached hydrogens (tertiary/aromatic N) is 1. The lowest BCUT2D eigenvalue weighted by molar-refractivity contribution is 0.0600. The third-order valence-corrected chi connectivity index (χ3v) is 7.02. The number of carbonyl (C=O) groups is 1. The van der Waals surface area contributed by atoms with Crippen molar-refractivity contribution in [2.75, 3.05) is 41.0 Å². The first-order valence-electron chi connectivity index (χ1n) is 9.93. The predicted molar refractivity (Wildman–Crippen MR) is 116 cm³/mol. The topological polar surface area (TPSA) is 94.2 Å². The molecule has 0 spiro atoms. The van der Waals surface area contributed by atoms with Crippen LogP contribution < -0.4 is 14.2 Å². The van der Waals surface area contributed by atoms with Crippen molar-refractivity contribution in [2.45, 2.75) is 24.8 Å². The van der Waals surface area contributed by atoms with Gasteiger partial charge in [-0.3, -0.25) is 4.90 Å². The van der Waals surface area contributed by atoms with Crippen molar-refractivity contribution in [3.05, 3.63) is 52.6 Å². The second-order valence-electron chi connectivity index (χ2n) is 7.37. The summed E-state index contributed by atoms with van der Waals surface area (Å²) >= 11 is 0. The van der Waals surface area contributed by atoms with Gasteiger partial charge in [0.1, 0.15) is 0 Å². The Morgan fingerprint density at radius 3 is 2.39 bits per heavy atom. The van der Waals surface area contributed by atoms with E-state index in [-0.39, 0.29) is 17.0 Å². The third kappa shape index (κ3) is 5.17. The maximum Gasteiger partial charge on any atom is 0.337 e. The minimum absolute atomic E-state index is 0.0798. The van der Waals surface area contributed by atoms with Crippen LogP contribution in [-0.2, 0) is 27.7 Å². The van der Waals surface area contributed by atoms with Gasteiger partial charge in [0.25, 0.3) is 0 Å². The highest BCUT2D eigenvalue weighted by molar-refractivity contribution is 7.89. The molecule has 0 aliphatic carbocycles. The van der Waals surface area contributed by atoms with Gasteiger partial charge in [0.15, 0.2) is 11.5 Å². The van der Waals surface area contributed by atoms with Crippen LogP contribution in [0.1, 0.15) is 27.0 Å². The average Bonchev–Trinajstić information content (AvgIpc) is 2.77. The molecule has 0 fully saturated rings. The number of methoxy groups -OCH3 is 3. The van der Waals surface area contributed by atoms with E-state index in [4.69, 9.17) is 9.47 Å². The fourth-order valence-corrected chi connectivity index (χ4v) is 4.97. The normalized spacial score (nSPS) is 14.1. The van der Waals surface area contributed by atoms with E-state index in [1.807, 2.05) is 12.1 Å². The summed E-state index contributed by atoms with van der Waals surface area (Å²) < 4.78 is 43.7. The van der Waals surface area contributed by atoms with Gasteiger partial charge in [-0.15, -0.1) is 0 Å². The number of aryl methyl sites for hydroxylation is 1. The molecule has 0 atom stereocenters. The molecule has 0 aromatic heterocycles. The Labute approximate surface area is 183 Å². The van der Waals surface area contributed by atoms with Gasteiger partial charge in [0, 0.05) is 26.2 Å². The van der Waals surface area contributed by atoms with Gasteiger partial charge < -0.3 is 14.2 Å². The SMILES string of the molecule is COC(=O)c1ccc(C)c(S(=O)(=O)NCCN2CCc3cc(OC)c(OC)cc3C2)c1. The molecule has 0 saturated carbocycles. The minimum atomic E-state index is -3.76. The fraction of sp³-hybridized carbons (Fsp3) is 0.409. The zero-order chi connectivity index (χ0) is 22.6. The zero-order valence-electron chi connectivity index (χ0n) is 18.2. The van der Waals surface area contributed by atoms with E-state index in [1.54, 1.807) is 33.3 Å². The molecule has 2 aromatic rings. The monoisotopic (exact) mass is 448 g/mol. The van der Waals surface area contributed by atoms with Crippen LogP contribution in [0.2, 0.25) is 0 Å². The number of carbonyl (C=O) groups excluding carboxylic acids is 1. The highest BCUT2D eigenvalue weighted by Crippen LogP contribution is 2.33. The molecule has 0 unspecified atom stereocenters. The quantitative estimate of drug-likeness (QED) is 0.618. The van der Waals surface area contributed by atoms with Crippen LogP contribution in [0.25, 0.3) is 0 Å². The van der Waals surface area contributed by atoms with E-state index in [1.165, 1.54) is 18.7 Å². The standard InChI is InChI=1S/C22H28N2O6S/c1-15-5-6-17(22(25)30-4)13-21(15)31(26,27)23-8-10-24-9-7-16-11-19(28-2)20(29-3)12-18(16)14-24/h5-6,11-13,23H,7-10,14H2,1-4H3. The first-order chi connectivity index (χ1) is 14.8. The molecule has 31 heavy (non-hydrogen) atoms. The van der Waals surface area contributed by atoms with Crippen molar-refractivity contribution in [1.82, 2.24) is 9.62 Å². The first-order valence-corrected chi connectivity index (χ1v) is 11.4. The molecule has 0 bridgehead atoms. The van der Waals surface area contributed by atoms with E-state index in [9.17, 15) is 13.2 Å². The van der Waals surface area contributed by atoms with E-state index in [2.05, 4.69) is 14.4 Å². The molecule has 8 nitrogen and oxygen atoms in total. The van der Waals surface area contributed by atoms with Crippen LogP contribution >= 0.6 is 0 Å². The van der Waals surface area contributed by atoms with E-state index in [0.717, 1.165) is 18.5 Å². The lowest BCUT2D eigenvalue weighted by Gasteiger charge is -2.29. The second kappa shape index (κ2) is 9.67. The molecule has 1 heterocycles. The van der Waals surface area contributed by atoms with Crippen molar-refractivity contribution < 1.29 is 27.4 Å². The molecule has 3 rings (SSSR count). The Bertz CT molecular complexity index is 1070. The van der Waals surface area contributed by atoms with Crippen LogP contribution in [0.5, 0.6) is 11.5 Å². The summed E-state index contributed by atoms with van der Waals surface area (Å²) in [4.78, 5) is 14.0. The second-order valence-corrected chi connectivity index (χ2v) is 9.11. The van der Waals surface area contributed by atoms with Crippen molar-refractivity contribution in [3.63, 3.8) is 0 Å². The van der Waals surface area contributed by atoms with E-state index in [0.29, 0.717) is 30.2 Å². The number of ether oxygens (including phenoxy) is 3. The van der Waals surface area contributed by atoms with E-state index < -0.39 is 16.0 Å². The number of esters is 1. The predicted octanol–water partition coefficient (Wildman–Crippen LogP) is 2.14. The molecule has 2 aromatic carbocycles. The number of benzene rings is 2. The van der Waals surface area contributed by atoms with E-state index >= 15 is 0 Å².